The van der Waals surface area contributed by atoms with E-state index in [0.29, 0.717) is 33.9 Å². The Morgan fingerprint density at radius 1 is 1.07 bits per heavy atom. The van der Waals surface area contributed by atoms with E-state index in [4.69, 9.17) is 9.15 Å². The molecule has 5 nitrogen and oxygen atoms in total. The summed E-state index contributed by atoms with van der Waals surface area (Å²) in [6.45, 7) is 1.53. The summed E-state index contributed by atoms with van der Waals surface area (Å²) in [5.41, 5.74) is 0.887. The van der Waals surface area contributed by atoms with Crippen LogP contribution in [0.2, 0.25) is 0 Å². The van der Waals surface area contributed by atoms with E-state index in [1.807, 2.05) is 30.3 Å². The van der Waals surface area contributed by atoms with Crippen molar-refractivity contribution in [3.05, 3.63) is 82.8 Å². The number of carboxylic acid groups (broad SMARTS) is 1. The van der Waals surface area contributed by atoms with Gasteiger partial charge in [-0.1, -0.05) is 58.4 Å². The molecular formula is C22H16BrNO4. The molecule has 0 amide bonds. The van der Waals surface area contributed by atoms with Crippen molar-refractivity contribution in [3.63, 3.8) is 0 Å². The number of benzene rings is 3. The predicted octanol–water partition coefficient (Wildman–Crippen LogP) is 5.64. The lowest BCUT2D eigenvalue weighted by Crippen LogP contribution is -2.38. The number of hydrogen-bond acceptors (Lipinski definition) is 4. The molecule has 1 aromatic heterocycles. The maximum atomic E-state index is 12.1. The van der Waals surface area contributed by atoms with Gasteiger partial charge in [-0.15, -0.1) is 0 Å². The molecule has 1 unspecified atom stereocenters. The molecule has 3 aromatic carbocycles. The number of oxazole rings is 1. The zero-order valence-corrected chi connectivity index (χ0v) is 16.5. The molecule has 1 atom stereocenters. The SMILES string of the molecule is CC(Oc1ccc(Br)cc1-c1nc2ccccc2o1)(C(=O)O)c1ccccc1. The van der Waals surface area contributed by atoms with Crippen molar-refractivity contribution in [1.29, 1.82) is 0 Å². The fourth-order valence-electron chi connectivity index (χ4n) is 2.95. The first-order valence-electron chi connectivity index (χ1n) is 8.61. The molecule has 0 fully saturated rings. The molecule has 1 N–H and O–H groups in total. The fourth-order valence-corrected chi connectivity index (χ4v) is 3.31. The lowest BCUT2D eigenvalue weighted by molar-refractivity contribution is -0.154. The molecule has 28 heavy (non-hydrogen) atoms. The van der Waals surface area contributed by atoms with Crippen LogP contribution >= 0.6 is 15.9 Å². The molecule has 0 aliphatic heterocycles. The zero-order chi connectivity index (χ0) is 19.7. The summed E-state index contributed by atoms with van der Waals surface area (Å²) in [5.74, 6) is -0.369. The third-order valence-corrected chi connectivity index (χ3v) is 5.01. The van der Waals surface area contributed by atoms with Crippen molar-refractivity contribution < 1.29 is 19.1 Å². The van der Waals surface area contributed by atoms with Crippen LogP contribution in [-0.2, 0) is 10.4 Å². The maximum Gasteiger partial charge on any atom is 0.352 e. The Morgan fingerprint density at radius 3 is 2.50 bits per heavy atom. The van der Waals surface area contributed by atoms with Gasteiger partial charge in [-0.2, -0.15) is 0 Å². The van der Waals surface area contributed by atoms with E-state index < -0.39 is 11.6 Å². The third-order valence-electron chi connectivity index (χ3n) is 4.51. The summed E-state index contributed by atoms with van der Waals surface area (Å²) in [5, 5.41) is 9.90. The van der Waals surface area contributed by atoms with E-state index in [2.05, 4.69) is 20.9 Å². The minimum absolute atomic E-state index is 0.360. The lowest BCUT2D eigenvalue weighted by Gasteiger charge is -2.27. The number of halogens is 1. The largest absolute Gasteiger partial charge is 0.478 e. The Bertz CT molecular complexity index is 1120. The summed E-state index contributed by atoms with van der Waals surface area (Å²) in [6.07, 6.45) is 0. The number of ether oxygens (including phenoxy) is 1. The summed E-state index contributed by atoms with van der Waals surface area (Å²) in [7, 11) is 0. The molecule has 1 heterocycles. The maximum absolute atomic E-state index is 12.1. The predicted molar refractivity (Wildman–Crippen MR) is 109 cm³/mol. The molecular weight excluding hydrogens is 422 g/mol. The first-order valence-corrected chi connectivity index (χ1v) is 9.40. The normalized spacial score (nSPS) is 13.2. The Labute approximate surface area is 169 Å². The van der Waals surface area contributed by atoms with E-state index in [0.717, 1.165) is 4.47 Å². The standard InChI is InChI=1S/C22H16BrNO4/c1-22(21(25)26,14-7-3-2-4-8-14)28-18-12-11-15(23)13-16(18)20-24-17-9-5-6-10-19(17)27-20/h2-13H,1H3,(H,25,26). The zero-order valence-electron chi connectivity index (χ0n) is 14.9. The summed E-state index contributed by atoms with van der Waals surface area (Å²) < 4.78 is 12.7. The average molecular weight is 438 g/mol. The quantitative estimate of drug-likeness (QED) is 0.437. The Kier molecular flexibility index (Phi) is 4.65. The molecule has 6 heteroatoms. The van der Waals surface area contributed by atoms with E-state index in [1.54, 1.807) is 42.5 Å². The molecule has 0 aliphatic rings. The Balaban J connectivity index is 1.83. The highest BCUT2D eigenvalue weighted by Crippen LogP contribution is 2.38. The molecule has 0 radical (unpaired) electrons. The van der Waals surface area contributed by atoms with Crippen LogP contribution in [0.4, 0.5) is 0 Å². The number of fused-ring (bicyclic) bond motifs is 1. The van der Waals surface area contributed by atoms with E-state index in [9.17, 15) is 9.90 Å². The van der Waals surface area contributed by atoms with Gasteiger partial charge in [0.15, 0.2) is 5.58 Å². The Hall–Kier alpha value is -3.12. The molecule has 4 rings (SSSR count). The second-order valence-electron chi connectivity index (χ2n) is 6.43. The highest BCUT2D eigenvalue weighted by molar-refractivity contribution is 9.10. The fraction of sp³-hybridized carbons (Fsp3) is 0.0909. The lowest BCUT2D eigenvalue weighted by atomic mass is 9.95. The molecule has 0 spiro atoms. The third kappa shape index (κ3) is 3.27. The van der Waals surface area contributed by atoms with Crippen LogP contribution in [-0.4, -0.2) is 16.1 Å². The number of nitrogens with zero attached hydrogens (tertiary/aromatic N) is 1. The topological polar surface area (TPSA) is 72.6 Å². The first-order chi connectivity index (χ1) is 13.5. The van der Waals surface area contributed by atoms with Crippen LogP contribution in [0.5, 0.6) is 5.75 Å². The Morgan fingerprint density at radius 2 is 1.79 bits per heavy atom. The van der Waals surface area contributed by atoms with Gasteiger partial charge >= 0.3 is 5.97 Å². The van der Waals surface area contributed by atoms with Crippen LogP contribution in [0.3, 0.4) is 0 Å². The highest BCUT2D eigenvalue weighted by Gasteiger charge is 2.38. The molecule has 0 saturated carbocycles. The van der Waals surface area contributed by atoms with Gasteiger partial charge in [0.05, 0.1) is 5.56 Å². The van der Waals surface area contributed by atoms with Crippen LogP contribution in [0, 0.1) is 0 Å². The van der Waals surface area contributed by atoms with Gasteiger partial charge in [-0.25, -0.2) is 9.78 Å². The van der Waals surface area contributed by atoms with Crippen molar-refractivity contribution in [2.45, 2.75) is 12.5 Å². The van der Waals surface area contributed by atoms with Gasteiger partial charge in [0.1, 0.15) is 11.3 Å². The van der Waals surface area contributed by atoms with Crippen molar-refractivity contribution in [1.82, 2.24) is 4.98 Å². The minimum atomic E-state index is -1.57. The average Bonchev–Trinajstić information content (AvgIpc) is 3.14. The van der Waals surface area contributed by atoms with Crippen LogP contribution in [0.15, 0.2) is 81.7 Å². The molecule has 4 aromatic rings. The highest BCUT2D eigenvalue weighted by atomic mass is 79.9. The smallest absolute Gasteiger partial charge is 0.352 e. The van der Waals surface area contributed by atoms with Crippen molar-refractivity contribution in [2.24, 2.45) is 0 Å². The van der Waals surface area contributed by atoms with Gasteiger partial charge in [0, 0.05) is 10.0 Å². The van der Waals surface area contributed by atoms with Gasteiger partial charge in [0.25, 0.3) is 0 Å². The minimum Gasteiger partial charge on any atom is -0.478 e. The number of carbonyl (C=O) groups is 1. The molecule has 0 bridgehead atoms. The van der Waals surface area contributed by atoms with Crippen molar-refractivity contribution >= 4 is 33.0 Å². The van der Waals surface area contributed by atoms with Gasteiger partial charge in [-0.05, 0) is 37.3 Å². The summed E-state index contributed by atoms with van der Waals surface area (Å²) in [6, 6.07) is 21.6. The molecule has 140 valence electrons. The van der Waals surface area contributed by atoms with Crippen LogP contribution in [0.25, 0.3) is 22.6 Å². The molecule has 0 aliphatic carbocycles. The monoisotopic (exact) mass is 437 g/mol. The number of hydrogen-bond donors (Lipinski definition) is 1. The van der Waals surface area contributed by atoms with Crippen molar-refractivity contribution in [3.8, 4) is 17.2 Å². The van der Waals surface area contributed by atoms with Crippen LogP contribution in [0.1, 0.15) is 12.5 Å². The number of carboxylic acids is 1. The van der Waals surface area contributed by atoms with E-state index >= 15 is 0 Å². The number of aliphatic carboxylic acids is 1. The molecule has 0 saturated heterocycles. The van der Waals surface area contributed by atoms with E-state index in [-0.39, 0.29) is 0 Å². The number of aromatic nitrogens is 1. The number of para-hydroxylation sites is 2. The first kappa shape index (κ1) is 18.3. The second-order valence-corrected chi connectivity index (χ2v) is 7.35. The second kappa shape index (κ2) is 7.13. The summed E-state index contributed by atoms with van der Waals surface area (Å²) >= 11 is 3.45. The van der Waals surface area contributed by atoms with E-state index in [1.165, 1.54) is 6.92 Å². The van der Waals surface area contributed by atoms with Crippen LogP contribution < -0.4 is 4.74 Å². The number of rotatable bonds is 5. The summed E-state index contributed by atoms with van der Waals surface area (Å²) in [4.78, 5) is 16.6. The van der Waals surface area contributed by atoms with Crippen molar-refractivity contribution in [2.75, 3.05) is 0 Å². The van der Waals surface area contributed by atoms with Gasteiger partial charge in [0.2, 0.25) is 11.5 Å². The van der Waals surface area contributed by atoms with Gasteiger partial charge in [-0.3, -0.25) is 0 Å². The van der Waals surface area contributed by atoms with Gasteiger partial charge < -0.3 is 14.3 Å².